The number of halogens is 1. The molecule has 5 nitrogen and oxygen atoms in total. The maximum Gasteiger partial charge on any atom is 0.350 e. The van der Waals surface area contributed by atoms with Gasteiger partial charge in [-0.15, -0.1) is 4.48 Å². The Hall–Kier alpha value is -2.50. The quantitative estimate of drug-likeness (QED) is 0.528. The molecule has 2 rings (SSSR count). The van der Waals surface area contributed by atoms with E-state index in [0.29, 0.717) is 17.2 Å². The molecule has 0 unspecified atom stereocenters. The lowest BCUT2D eigenvalue weighted by Crippen LogP contribution is -2.26. The third kappa shape index (κ3) is 3.09. The molecule has 1 aromatic heterocycles. The minimum absolute atomic E-state index is 0.290. The average Bonchev–Trinajstić information content (AvgIpc) is 2.46. The van der Waals surface area contributed by atoms with Crippen molar-refractivity contribution in [1.82, 2.24) is 0 Å². The average molecular weight is 274 g/mol. The van der Waals surface area contributed by atoms with Crippen LogP contribution in [0.15, 0.2) is 52.8 Å². The fourth-order valence-electron chi connectivity index (χ4n) is 1.69. The van der Waals surface area contributed by atoms with E-state index in [1.807, 2.05) is 61.1 Å². The summed E-state index contributed by atoms with van der Waals surface area (Å²) in [5, 5.41) is 8.22. The first kappa shape index (κ1) is 13.9. The van der Waals surface area contributed by atoms with E-state index >= 15 is 0 Å². The summed E-state index contributed by atoms with van der Waals surface area (Å²) in [5.74, 6) is 0.689. The van der Waals surface area contributed by atoms with Crippen LogP contribution < -0.4 is 15.0 Å². The molecule has 1 aromatic carbocycles. The van der Waals surface area contributed by atoms with E-state index in [1.165, 1.54) is 0 Å². The molecule has 0 aliphatic heterocycles. The van der Waals surface area contributed by atoms with Crippen molar-refractivity contribution in [3.63, 3.8) is 0 Å². The van der Waals surface area contributed by atoms with E-state index < -0.39 is 0 Å². The molecule has 6 heteroatoms. The molecular weight excluding hydrogens is 257 g/mol. The number of anilines is 2. The monoisotopic (exact) mass is 274 g/mol. The lowest BCUT2D eigenvalue weighted by Gasteiger charge is -2.13. The van der Waals surface area contributed by atoms with E-state index in [-0.39, 0.29) is 0 Å². The lowest BCUT2D eigenvalue weighted by molar-refractivity contribution is -0.658. The molecule has 1 heterocycles. The van der Waals surface area contributed by atoms with E-state index in [9.17, 15) is 4.48 Å². The van der Waals surface area contributed by atoms with Crippen molar-refractivity contribution in [2.75, 3.05) is 24.5 Å². The largest absolute Gasteiger partial charge is 0.378 e. The van der Waals surface area contributed by atoms with E-state index in [1.54, 1.807) is 17.7 Å². The summed E-state index contributed by atoms with van der Waals surface area (Å²) in [6.45, 7) is 0. The molecule has 104 valence electrons. The number of hydrogen-bond acceptors (Lipinski definition) is 4. The first-order chi connectivity index (χ1) is 9.61. The van der Waals surface area contributed by atoms with Gasteiger partial charge >= 0.3 is 5.82 Å². The van der Waals surface area contributed by atoms with Gasteiger partial charge in [-0.25, -0.2) is 10.1 Å². The molecule has 0 saturated heterocycles. The molecule has 0 amide bonds. The summed E-state index contributed by atoms with van der Waals surface area (Å²) < 4.78 is 14.7. The Morgan fingerprint density at radius 3 is 2.60 bits per heavy atom. The summed E-state index contributed by atoms with van der Waals surface area (Å²) in [6, 6.07) is 10.9. The highest BCUT2D eigenvalue weighted by Gasteiger charge is 2.08. The Bertz CT molecular complexity index is 625. The Morgan fingerprint density at radius 1 is 1.15 bits per heavy atom. The second-order valence-corrected chi connectivity index (χ2v) is 4.56. The minimum atomic E-state index is 0.290. The van der Waals surface area contributed by atoms with Crippen LogP contribution in [0.25, 0.3) is 0 Å². The smallest absolute Gasteiger partial charge is 0.350 e. The van der Waals surface area contributed by atoms with Crippen LogP contribution in [0.5, 0.6) is 0 Å². The maximum atomic E-state index is 12.9. The third-order valence-corrected chi connectivity index (χ3v) is 2.89. The molecule has 0 aliphatic carbocycles. The standard InChI is InChI=1S/C14H16FN5/c1-19(2)11-7-8-12(13(10-11)16-15)17-18-14-6-4-5-9-20(14)3/h4-10H,1-3H3/p+1. The number of aromatic nitrogens is 1. The van der Waals surface area contributed by atoms with Gasteiger partial charge in [-0.1, -0.05) is 6.07 Å². The van der Waals surface area contributed by atoms with Crippen LogP contribution in [-0.2, 0) is 7.05 Å². The number of rotatable bonds is 4. The van der Waals surface area contributed by atoms with Gasteiger partial charge in [0.2, 0.25) is 0 Å². The molecule has 0 aliphatic rings. The van der Waals surface area contributed by atoms with Crippen LogP contribution in [-0.4, -0.2) is 14.1 Å². The number of pyridine rings is 1. The number of nitrogens with zero attached hydrogens (tertiary/aromatic N) is 4. The highest BCUT2D eigenvalue weighted by molar-refractivity contribution is 5.70. The lowest BCUT2D eigenvalue weighted by atomic mass is 10.2. The zero-order valence-electron chi connectivity index (χ0n) is 11.7. The molecule has 0 spiro atoms. The Labute approximate surface area is 117 Å². The fraction of sp³-hybridized carbons (Fsp3) is 0.214. The first-order valence-electron chi connectivity index (χ1n) is 6.16. The van der Waals surface area contributed by atoms with E-state index in [2.05, 4.69) is 10.2 Å². The maximum absolute atomic E-state index is 12.9. The molecule has 0 fully saturated rings. The molecule has 0 radical (unpaired) electrons. The van der Waals surface area contributed by atoms with Crippen molar-refractivity contribution < 1.29 is 9.05 Å². The summed E-state index contributed by atoms with van der Waals surface area (Å²) in [5.41, 5.74) is 3.27. The van der Waals surface area contributed by atoms with Gasteiger partial charge in [0.25, 0.3) is 0 Å². The summed E-state index contributed by atoms with van der Waals surface area (Å²) >= 11 is 0. The van der Waals surface area contributed by atoms with Gasteiger partial charge in [0, 0.05) is 25.8 Å². The van der Waals surface area contributed by atoms with Crippen molar-refractivity contribution in [2.45, 2.75) is 0 Å². The number of nitrogens with one attached hydrogen (secondary N) is 1. The van der Waals surface area contributed by atoms with Crippen molar-refractivity contribution >= 4 is 22.9 Å². The molecule has 1 N–H and O–H groups in total. The summed E-state index contributed by atoms with van der Waals surface area (Å²) in [7, 11) is 5.66. The zero-order valence-corrected chi connectivity index (χ0v) is 11.7. The predicted molar refractivity (Wildman–Crippen MR) is 77.3 cm³/mol. The van der Waals surface area contributed by atoms with Gasteiger partial charge in [-0.05, 0) is 29.4 Å². The Balaban J connectivity index is 2.32. The third-order valence-electron chi connectivity index (χ3n) is 2.89. The Morgan fingerprint density at radius 2 is 1.95 bits per heavy atom. The van der Waals surface area contributed by atoms with Crippen LogP contribution in [0.4, 0.5) is 27.4 Å². The fourth-order valence-corrected chi connectivity index (χ4v) is 1.69. The van der Waals surface area contributed by atoms with Crippen molar-refractivity contribution in [2.24, 2.45) is 17.3 Å². The van der Waals surface area contributed by atoms with E-state index in [4.69, 9.17) is 0 Å². The van der Waals surface area contributed by atoms with Crippen molar-refractivity contribution in [3.8, 4) is 0 Å². The number of azo groups is 1. The van der Waals surface area contributed by atoms with Crippen LogP contribution in [0.1, 0.15) is 0 Å². The molecule has 20 heavy (non-hydrogen) atoms. The molecule has 0 saturated carbocycles. The molecule has 0 atom stereocenters. The van der Waals surface area contributed by atoms with Gasteiger partial charge in [-0.3, -0.25) is 0 Å². The highest BCUT2D eigenvalue weighted by atomic mass is 19.2. The number of benzene rings is 1. The van der Waals surface area contributed by atoms with E-state index in [0.717, 1.165) is 5.69 Å². The van der Waals surface area contributed by atoms with Gasteiger partial charge in [-0.2, -0.15) is 0 Å². The molecule has 2 aromatic rings. The van der Waals surface area contributed by atoms with Gasteiger partial charge in [0.05, 0.1) is 24.0 Å². The summed E-state index contributed by atoms with van der Waals surface area (Å²) in [6.07, 6.45) is 1.87. The Kier molecular flexibility index (Phi) is 4.24. The van der Waals surface area contributed by atoms with Gasteiger partial charge in [0.15, 0.2) is 0 Å². The van der Waals surface area contributed by atoms with Crippen LogP contribution >= 0.6 is 0 Å². The van der Waals surface area contributed by atoms with Crippen LogP contribution in [0.2, 0.25) is 0 Å². The van der Waals surface area contributed by atoms with Crippen molar-refractivity contribution in [3.05, 3.63) is 42.6 Å². The SMILES string of the molecule is CN(C)c1ccc(/N=N/c2cccc[n+]2C)c(NF)c1. The number of hydrogen-bond donors (Lipinski definition) is 1. The second-order valence-electron chi connectivity index (χ2n) is 4.56. The van der Waals surface area contributed by atoms with Crippen LogP contribution in [0.3, 0.4) is 0 Å². The van der Waals surface area contributed by atoms with Crippen LogP contribution in [0, 0.1) is 0 Å². The van der Waals surface area contributed by atoms with Gasteiger partial charge in [0.1, 0.15) is 5.69 Å². The zero-order chi connectivity index (χ0) is 14.5. The second kappa shape index (κ2) is 6.10. The molecular formula is C14H17FN5+. The highest BCUT2D eigenvalue weighted by Crippen LogP contribution is 2.30. The minimum Gasteiger partial charge on any atom is -0.378 e. The normalized spacial score (nSPS) is 10.8. The number of aryl methyl sites for hydroxylation is 1. The summed E-state index contributed by atoms with van der Waals surface area (Å²) in [4.78, 5) is 1.89. The van der Waals surface area contributed by atoms with Crippen molar-refractivity contribution in [1.29, 1.82) is 0 Å². The topological polar surface area (TPSA) is 43.9 Å². The molecule has 0 bridgehead atoms. The first-order valence-corrected chi connectivity index (χ1v) is 6.16. The van der Waals surface area contributed by atoms with Gasteiger partial charge < -0.3 is 4.90 Å². The predicted octanol–water partition coefficient (Wildman–Crippen LogP) is 3.29.